The van der Waals surface area contributed by atoms with E-state index in [2.05, 4.69) is 16.0 Å². The Morgan fingerprint density at radius 3 is 1.70 bits per heavy atom. The summed E-state index contributed by atoms with van der Waals surface area (Å²) < 4.78 is 0. The molecule has 0 radical (unpaired) electrons. The van der Waals surface area contributed by atoms with Crippen molar-refractivity contribution in [1.29, 1.82) is 0 Å². The lowest BCUT2D eigenvalue weighted by Crippen LogP contribution is -2.52. The Balaban J connectivity index is 0.00000288. The highest BCUT2D eigenvalue weighted by Crippen LogP contribution is 2.19. The van der Waals surface area contributed by atoms with Gasteiger partial charge in [0.25, 0.3) is 0 Å². The van der Waals surface area contributed by atoms with E-state index in [0.717, 1.165) is 42.0 Å². The normalized spacial score (nSPS) is 14.5. The van der Waals surface area contributed by atoms with Crippen LogP contribution in [0.1, 0.15) is 90.2 Å². The number of carbonyl (C=O) groups excluding carboxylic acids is 4. The lowest BCUT2D eigenvalue weighted by molar-refractivity contribution is -0.145. The van der Waals surface area contributed by atoms with E-state index < -0.39 is 47.9 Å². The highest BCUT2D eigenvalue weighted by atomic mass is 16.5. The van der Waals surface area contributed by atoms with Gasteiger partial charge in [-0.05, 0) is 50.0 Å². The minimum atomic E-state index is -1.27. The van der Waals surface area contributed by atoms with Gasteiger partial charge in [0, 0.05) is 103 Å². The zero-order chi connectivity index (χ0) is 55.8. The van der Waals surface area contributed by atoms with Crippen LogP contribution in [0.3, 0.4) is 0 Å². The number of pyridine rings is 1. The predicted molar refractivity (Wildman–Crippen MR) is 268 cm³/mol. The van der Waals surface area contributed by atoms with Gasteiger partial charge in [0.1, 0.15) is 18.4 Å². The number of hydroxylamine groups is 1. The average molecular weight is 1050 g/mol. The van der Waals surface area contributed by atoms with Crippen molar-refractivity contribution in [3.05, 3.63) is 42.2 Å². The number of aromatic nitrogens is 1. The number of aldehydes is 1. The Morgan fingerprint density at radius 2 is 1.22 bits per heavy atom. The molecule has 0 aliphatic carbocycles. The second kappa shape index (κ2) is 40.7. The fourth-order valence-corrected chi connectivity index (χ4v) is 7.52. The maximum Gasteiger partial charge on any atom is 0.323 e. The number of benzene rings is 1. The number of nitrogens with zero attached hydrogens (tertiary/aromatic N) is 6. The Hall–Kier alpha value is -6.71. The molecule has 74 heavy (non-hydrogen) atoms. The molecule has 1 saturated heterocycles. The summed E-state index contributed by atoms with van der Waals surface area (Å²) in [5, 5.41) is 68.0. The number of aliphatic carboxylic acids is 6. The molecule has 0 bridgehead atoms. The first-order chi connectivity index (χ1) is 35.3. The first kappa shape index (κ1) is 67.3. The second-order valence-electron chi connectivity index (χ2n) is 16.6. The van der Waals surface area contributed by atoms with Crippen LogP contribution in [0.5, 0.6) is 0 Å². The molecular weight excluding hydrogens is 975 g/mol. The van der Waals surface area contributed by atoms with Crippen molar-refractivity contribution in [3.63, 3.8) is 0 Å². The van der Waals surface area contributed by atoms with Crippen molar-refractivity contribution in [2.24, 2.45) is 5.73 Å². The molecule has 2 atom stereocenters. The Kier molecular flexibility index (Phi) is 37.0. The zero-order valence-electron chi connectivity index (χ0n) is 42.4. The van der Waals surface area contributed by atoms with Crippen LogP contribution in [0.2, 0.25) is 0 Å². The number of carbonyl (C=O) groups is 10. The molecule has 2 heterocycles. The van der Waals surface area contributed by atoms with Gasteiger partial charge in [0.15, 0.2) is 0 Å². The molecule has 1 aliphatic heterocycles. The van der Waals surface area contributed by atoms with Gasteiger partial charge in [-0.1, -0.05) is 44.5 Å². The van der Waals surface area contributed by atoms with Crippen LogP contribution in [0.25, 0.3) is 10.8 Å². The van der Waals surface area contributed by atoms with E-state index in [1.54, 1.807) is 30.7 Å². The molecule has 11 N–H and O–H groups in total. The minimum Gasteiger partial charge on any atom is -0.481 e. The third kappa shape index (κ3) is 31.0. The van der Waals surface area contributed by atoms with Gasteiger partial charge in [-0.25, -0.2) is 0 Å². The summed E-state index contributed by atoms with van der Waals surface area (Å²) >= 11 is 0. The van der Waals surface area contributed by atoms with E-state index in [9.17, 15) is 63.6 Å². The van der Waals surface area contributed by atoms with Crippen molar-refractivity contribution in [2.45, 2.75) is 103 Å². The number of amides is 3. The van der Waals surface area contributed by atoms with E-state index in [0.29, 0.717) is 32.4 Å². The van der Waals surface area contributed by atoms with Crippen molar-refractivity contribution >= 4 is 71.1 Å². The van der Waals surface area contributed by atoms with Crippen LogP contribution in [0.4, 0.5) is 0 Å². The SMILES string of the molecule is CC.NC=O.O=C(O)CCC(NO)C(=O)O.O=CCCCCCN(Cc1nccc2ccccc12)C(=O)CCCCNC(=O)CCC(C(=O)O)N1CCN(CC(=O)O)CCN(CC(=O)O)CCN(CC(=O)O)CC1. The number of nitrogens with one attached hydrogen (secondary N) is 2. The first-order valence-electron chi connectivity index (χ1n) is 24.4. The second-order valence-corrected chi connectivity index (χ2v) is 16.6. The van der Waals surface area contributed by atoms with Gasteiger partial charge in [-0.15, -0.1) is 0 Å². The highest BCUT2D eigenvalue weighted by molar-refractivity contribution is 5.85. The molecule has 0 spiro atoms. The summed E-state index contributed by atoms with van der Waals surface area (Å²) in [5.74, 6) is -7.18. The Labute approximate surface area is 430 Å². The van der Waals surface area contributed by atoms with E-state index in [-0.39, 0.29) is 129 Å². The third-order valence-corrected chi connectivity index (χ3v) is 11.3. The molecule has 3 rings (SSSR count). The number of fused-ring (bicyclic) bond motifs is 1. The molecule has 1 fully saturated rings. The summed E-state index contributed by atoms with van der Waals surface area (Å²) in [5.41, 5.74) is 6.46. The molecule has 0 saturated carbocycles. The van der Waals surface area contributed by atoms with Crippen molar-refractivity contribution in [1.82, 2.24) is 40.3 Å². The molecule has 1 aromatic carbocycles. The molecular formula is C48H77N9O17. The van der Waals surface area contributed by atoms with E-state index in [1.807, 2.05) is 44.2 Å². The summed E-state index contributed by atoms with van der Waals surface area (Å²) in [4.78, 5) is 126. The van der Waals surface area contributed by atoms with Gasteiger partial charge >= 0.3 is 35.8 Å². The Bertz CT molecular complexity index is 1990. The van der Waals surface area contributed by atoms with Crippen LogP contribution in [0, 0.1) is 0 Å². The fraction of sp³-hybridized carbons (Fsp3) is 0.604. The molecule has 26 nitrogen and oxygen atoms in total. The first-order valence-corrected chi connectivity index (χ1v) is 24.4. The lowest BCUT2D eigenvalue weighted by Gasteiger charge is -2.35. The molecule has 26 heteroatoms. The summed E-state index contributed by atoms with van der Waals surface area (Å²) in [6, 6.07) is 7.48. The van der Waals surface area contributed by atoms with Gasteiger partial charge < -0.3 is 56.6 Å². The van der Waals surface area contributed by atoms with Crippen molar-refractivity contribution in [3.8, 4) is 0 Å². The van der Waals surface area contributed by atoms with Crippen LogP contribution < -0.4 is 16.5 Å². The Morgan fingerprint density at radius 1 is 0.676 bits per heavy atom. The molecule has 1 aliphatic rings. The summed E-state index contributed by atoms with van der Waals surface area (Å²) in [6.45, 7) is 5.53. The molecule has 416 valence electrons. The molecule has 2 aromatic rings. The molecule has 3 amide bonds. The number of nitrogens with two attached hydrogens (primary N) is 1. The number of unbranched alkanes of at least 4 members (excludes halogenated alkanes) is 4. The molecule has 1 aromatic heterocycles. The quantitative estimate of drug-likeness (QED) is 0.0305. The minimum absolute atomic E-state index is 0.0340. The van der Waals surface area contributed by atoms with E-state index in [4.69, 9.17) is 20.2 Å². The largest absolute Gasteiger partial charge is 0.481 e. The standard InChI is InChI=1S/C40H59N7O11.C5H9NO5.C2H6.CH3NO/c48-26-8-2-1-7-17-47(27-33-32-10-4-3-9-31(32)14-16-41-33)36(50)11-5-6-15-42-35(49)13-12-34(40(57)58)46-24-22-44(29-38(53)54)20-18-43(28-37(51)52)19-21-45(23-25-46)30-39(55)56;7-4(8)2-1-3(6-11)5(9)10;1-2;2-1-3/h3-4,9-10,14,16,26,34H,1-2,5-8,11-13,15,17-25,27-30H2,(H,42,49)(H,51,52)(H,53,54)(H,55,56)(H,57,58);3,6,11H,1-2H2,(H,7,8)(H,9,10);1-2H3;1H,(H2,2,3). The van der Waals surface area contributed by atoms with Gasteiger partial charge in [-0.3, -0.25) is 67.7 Å². The lowest BCUT2D eigenvalue weighted by atomic mass is 10.1. The van der Waals surface area contributed by atoms with Gasteiger partial charge in [0.2, 0.25) is 18.2 Å². The number of hydrogen-bond donors (Lipinski definition) is 10. The highest BCUT2D eigenvalue weighted by Gasteiger charge is 2.29. The number of rotatable bonds is 29. The van der Waals surface area contributed by atoms with Crippen LogP contribution >= 0.6 is 0 Å². The number of hydrogen-bond acceptors (Lipinski definition) is 17. The number of primary amides is 1. The van der Waals surface area contributed by atoms with Crippen molar-refractivity contribution in [2.75, 3.05) is 85.1 Å². The van der Waals surface area contributed by atoms with Crippen LogP contribution in [0.15, 0.2) is 36.5 Å². The van der Waals surface area contributed by atoms with E-state index >= 15 is 0 Å². The van der Waals surface area contributed by atoms with Crippen molar-refractivity contribution < 1.29 is 83.8 Å². The summed E-state index contributed by atoms with van der Waals surface area (Å²) in [7, 11) is 0. The third-order valence-electron chi connectivity index (χ3n) is 11.3. The maximum atomic E-state index is 13.4. The fourth-order valence-electron chi connectivity index (χ4n) is 7.52. The predicted octanol–water partition coefficient (Wildman–Crippen LogP) is 0.729. The smallest absolute Gasteiger partial charge is 0.323 e. The van der Waals surface area contributed by atoms with Gasteiger partial charge in [0.05, 0.1) is 31.9 Å². The zero-order valence-corrected chi connectivity index (χ0v) is 42.4. The maximum absolute atomic E-state index is 13.4. The van der Waals surface area contributed by atoms with Crippen LogP contribution in [-0.2, 0) is 54.5 Å². The molecule has 2 unspecified atom stereocenters. The van der Waals surface area contributed by atoms with E-state index in [1.165, 1.54) is 5.48 Å². The van der Waals surface area contributed by atoms with Gasteiger partial charge in [-0.2, -0.15) is 5.48 Å². The number of carboxylic acid groups (broad SMARTS) is 6. The summed E-state index contributed by atoms with van der Waals surface area (Å²) in [6.07, 6.45) is 6.42. The average Bonchev–Trinajstić information content (AvgIpc) is 3.34. The monoisotopic (exact) mass is 1050 g/mol. The van der Waals surface area contributed by atoms with Crippen LogP contribution in [-0.4, -0.2) is 223 Å². The number of carboxylic acids is 6. The topological polar surface area (TPSA) is 391 Å².